The summed E-state index contributed by atoms with van der Waals surface area (Å²) in [6.07, 6.45) is 3.78. The minimum atomic E-state index is 0.0952. The monoisotopic (exact) mass is 286 g/mol. The number of nitrogens with one attached hydrogen (secondary N) is 1. The summed E-state index contributed by atoms with van der Waals surface area (Å²) in [5.41, 5.74) is 8.48. The number of aromatic nitrogens is 1. The average molecular weight is 286 g/mol. The van der Waals surface area contributed by atoms with Crippen molar-refractivity contribution in [1.29, 1.82) is 5.41 Å². The van der Waals surface area contributed by atoms with Crippen molar-refractivity contribution < 1.29 is 0 Å². The third-order valence-corrected chi connectivity index (χ3v) is 3.81. The first-order valence-corrected chi connectivity index (χ1v) is 7.48. The van der Waals surface area contributed by atoms with Crippen molar-refractivity contribution in [1.82, 2.24) is 4.98 Å². The van der Waals surface area contributed by atoms with Gasteiger partial charge in [-0.3, -0.25) is 10.4 Å². The summed E-state index contributed by atoms with van der Waals surface area (Å²) >= 11 is 1.60. The Bertz CT molecular complexity index is 598. The molecule has 0 fully saturated rings. The number of amidine groups is 1. The quantitative estimate of drug-likeness (QED) is 0.504. The van der Waals surface area contributed by atoms with E-state index in [9.17, 15) is 0 Å². The lowest BCUT2D eigenvalue weighted by atomic mass is 10.1. The van der Waals surface area contributed by atoms with Crippen LogP contribution in [-0.4, -0.2) is 24.1 Å². The zero-order valence-electron chi connectivity index (χ0n) is 11.6. The van der Waals surface area contributed by atoms with Crippen LogP contribution in [0.15, 0.2) is 47.5 Å². The Hall–Kier alpha value is -2.01. The van der Waals surface area contributed by atoms with E-state index in [1.54, 1.807) is 18.0 Å². The third-order valence-electron chi connectivity index (χ3n) is 3.03. The summed E-state index contributed by atoms with van der Waals surface area (Å²) in [4.78, 5) is 7.41. The zero-order valence-corrected chi connectivity index (χ0v) is 12.4. The van der Waals surface area contributed by atoms with Crippen molar-refractivity contribution >= 4 is 23.3 Å². The largest absolute Gasteiger partial charge is 0.384 e. The van der Waals surface area contributed by atoms with Crippen LogP contribution in [0.3, 0.4) is 0 Å². The van der Waals surface area contributed by atoms with E-state index < -0.39 is 0 Å². The van der Waals surface area contributed by atoms with Crippen LogP contribution in [0.5, 0.6) is 0 Å². The lowest BCUT2D eigenvalue weighted by Gasteiger charge is -2.23. The number of hydrogen-bond acceptors (Lipinski definition) is 4. The number of benzene rings is 1. The third kappa shape index (κ3) is 3.11. The number of thioether (sulfide) groups is 1. The predicted molar refractivity (Wildman–Crippen MR) is 85.6 cm³/mol. The van der Waals surface area contributed by atoms with Gasteiger partial charge in [-0.1, -0.05) is 12.1 Å². The normalized spacial score (nSPS) is 10.3. The molecule has 4 nitrogen and oxygen atoms in total. The van der Waals surface area contributed by atoms with Crippen molar-refractivity contribution in [2.75, 3.05) is 18.2 Å². The smallest absolute Gasteiger partial charge is 0.126 e. The first kappa shape index (κ1) is 14.4. The van der Waals surface area contributed by atoms with Gasteiger partial charge >= 0.3 is 0 Å². The van der Waals surface area contributed by atoms with E-state index in [1.165, 1.54) is 0 Å². The molecule has 1 heterocycles. The van der Waals surface area contributed by atoms with Crippen LogP contribution in [0.1, 0.15) is 11.3 Å². The molecule has 5 heteroatoms. The standard InChI is InChI=1S/C15H18N4S/c1-19(10-11-6-3-4-9-18-11)12-7-5-8-13(20-2)14(12)15(16)17/h3-9H,10H2,1-2H3,(H3,16,17). The molecule has 2 rings (SSSR count). The minimum Gasteiger partial charge on any atom is -0.384 e. The molecule has 20 heavy (non-hydrogen) atoms. The highest BCUT2D eigenvalue weighted by molar-refractivity contribution is 7.98. The molecule has 0 amide bonds. The number of nitrogen functional groups attached to an aromatic ring is 1. The molecule has 0 aliphatic carbocycles. The molecule has 0 radical (unpaired) electrons. The van der Waals surface area contributed by atoms with Gasteiger partial charge in [0.25, 0.3) is 0 Å². The fraction of sp³-hybridized carbons (Fsp3) is 0.200. The molecule has 0 bridgehead atoms. The van der Waals surface area contributed by atoms with Gasteiger partial charge in [0.05, 0.1) is 17.8 Å². The van der Waals surface area contributed by atoms with E-state index >= 15 is 0 Å². The topological polar surface area (TPSA) is 66.0 Å². The fourth-order valence-corrected chi connectivity index (χ4v) is 2.73. The Morgan fingerprint density at radius 2 is 2.10 bits per heavy atom. The molecule has 2 aromatic rings. The van der Waals surface area contributed by atoms with Crippen LogP contribution in [0, 0.1) is 5.41 Å². The Labute approximate surface area is 123 Å². The van der Waals surface area contributed by atoms with E-state index in [2.05, 4.69) is 9.88 Å². The number of nitrogens with zero attached hydrogens (tertiary/aromatic N) is 2. The maximum absolute atomic E-state index is 7.82. The molecule has 1 aromatic carbocycles. The van der Waals surface area contributed by atoms with Gasteiger partial charge in [0.15, 0.2) is 0 Å². The molecule has 3 N–H and O–H groups in total. The number of hydrogen-bond donors (Lipinski definition) is 2. The van der Waals surface area contributed by atoms with Crippen molar-refractivity contribution in [3.8, 4) is 0 Å². The predicted octanol–water partition coefficient (Wildman–Crippen LogP) is 2.72. The van der Waals surface area contributed by atoms with Crippen LogP contribution >= 0.6 is 11.8 Å². The highest BCUT2D eigenvalue weighted by atomic mass is 32.2. The van der Waals surface area contributed by atoms with E-state index in [4.69, 9.17) is 11.1 Å². The van der Waals surface area contributed by atoms with Gasteiger partial charge in [0.2, 0.25) is 0 Å². The second kappa shape index (κ2) is 6.43. The van der Waals surface area contributed by atoms with Gasteiger partial charge in [-0.2, -0.15) is 0 Å². The van der Waals surface area contributed by atoms with E-state index in [1.807, 2.05) is 49.7 Å². The number of rotatable bonds is 5. The zero-order chi connectivity index (χ0) is 14.5. The second-order valence-electron chi connectivity index (χ2n) is 4.45. The first-order valence-electron chi connectivity index (χ1n) is 6.26. The van der Waals surface area contributed by atoms with Crippen molar-refractivity contribution in [3.63, 3.8) is 0 Å². The molecule has 0 saturated carbocycles. The van der Waals surface area contributed by atoms with E-state index in [0.29, 0.717) is 6.54 Å². The highest BCUT2D eigenvalue weighted by Crippen LogP contribution is 2.29. The molecule has 0 aliphatic rings. The second-order valence-corrected chi connectivity index (χ2v) is 5.29. The molecule has 0 unspecified atom stereocenters. The summed E-state index contributed by atoms with van der Waals surface area (Å²) < 4.78 is 0. The Morgan fingerprint density at radius 1 is 1.30 bits per heavy atom. The number of pyridine rings is 1. The van der Waals surface area contributed by atoms with Crippen LogP contribution in [0.25, 0.3) is 0 Å². The fourth-order valence-electron chi connectivity index (χ4n) is 2.10. The average Bonchev–Trinajstić information content (AvgIpc) is 2.47. The maximum atomic E-state index is 7.82. The van der Waals surface area contributed by atoms with Crippen molar-refractivity contribution in [2.45, 2.75) is 11.4 Å². The van der Waals surface area contributed by atoms with Gasteiger partial charge in [-0.25, -0.2) is 0 Å². The van der Waals surface area contributed by atoms with Gasteiger partial charge < -0.3 is 10.6 Å². The Balaban J connectivity index is 2.34. The van der Waals surface area contributed by atoms with Crippen LogP contribution in [-0.2, 0) is 6.54 Å². The van der Waals surface area contributed by atoms with Crippen LogP contribution < -0.4 is 10.6 Å². The van der Waals surface area contributed by atoms with E-state index in [-0.39, 0.29) is 5.84 Å². The lowest BCUT2D eigenvalue weighted by molar-refractivity contribution is 0.881. The first-order chi connectivity index (χ1) is 9.63. The van der Waals surface area contributed by atoms with E-state index in [0.717, 1.165) is 21.8 Å². The highest BCUT2D eigenvalue weighted by Gasteiger charge is 2.14. The van der Waals surface area contributed by atoms with Crippen molar-refractivity contribution in [3.05, 3.63) is 53.9 Å². The molecular weight excluding hydrogens is 268 g/mol. The number of anilines is 1. The van der Waals surface area contributed by atoms with Gasteiger partial charge in [0.1, 0.15) is 5.84 Å². The molecule has 0 spiro atoms. The van der Waals surface area contributed by atoms with Crippen LogP contribution in [0.4, 0.5) is 5.69 Å². The molecule has 104 valence electrons. The van der Waals surface area contributed by atoms with Crippen molar-refractivity contribution in [2.24, 2.45) is 5.73 Å². The summed E-state index contributed by atoms with van der Waals surface area (Å²) in [5.74, 6) is 0.0952. The molecule has 1 aromatic heterocycles. The van der Waals surface area contributed by atoms with Gasteiger partial charge in [-0.15, -0.1) is 11.8 Å². The minimum absolute atomic E-state index is 0.0952. The van der Waals surface area contributed by atoms with Gasteiger partial charge in [0, 0.05) is 23.8 Å². The summed E-state index contributed by atoms with van der Waals surface area (Å²) in [6.45, 7) is 0.680. The Morgan fingerprint density at radius 3 is 2.70 bits per heavy atom. The number of nitrogens with two attached hydrogens (primary N) is 1. The molecule has 0 atom stereocenters. The maximum Gasteiger partial charge on any atom is 0.126 e. The molecular formula is C15H18N4S. The van der Waals surface area contributed by atoms with Gasteiger partial charge in [-0.05, 0) is 30.5 Å². The SMILES string of the molecule is CSc1cccc(N(C)Cc2ccccn2)c1C(=N)N. The molecule has 0 aliphatic heterocycles. The molecule has 0 saturated heterocycles. The summed E-state index contributed by atoms with van der Waals surface area (Å²) in [5, 5.41) is 7.82. The summed E-state index contributed by atoms with van der Waals surface area (Å²) in [7, 11) is 1.99. The lowest BCUT2D eigenvalue weighted by Crippen LogP contribution is -2.23. The Kier molecular flexibility index (Phi) is 4.63. The summed E-state index contributed by atoms with van der Waals surface area (Å²) in [6, 6.07) is 11.8. The van der Waals surface area contributed by atoms with Crippen LogP contribution in [0.2, 0.25) is 0 Å².